The van der Waals surface area contributed by atoms with Crippen LogP contribution in [0.3, 0.4) is 0 Å². The second-order valence-electron chi connectivity index (χ2n) is 3.67. The van der Waals surface area contributed by atoms with Crippen LogP contribution in [0.15, 0.2) is 0 Å². The maximum absolute atomic E-state index is 11.4. The zero-order valence-corrected chi connectivity index (χ0v) is 10.1. The third-order valence-electron chi connectivity index (χ3n) is 2.17. The van der Waals surface area contributed by atoms with E-state index in [1.807, 2.05) is 13.8 Å². The second-order valence-corrected chi connectivity index (χ2v) is 3.67. The molecule has 0 radical (unpaired) electrons. The highest BCUT2D eigenvalue weighted by Gasteiger charge is 2.09. The van der Waals surface area contributed by atoms with Gasteiger partial charge in [-0.15, -0.1) is 0 Å². The van der Waals surface area contributed by atoms with Crippen molar-refractivity contribution in [3.8, 4) is 0 Å². The van der Waals surface area contributed by atoms with Crippen LogP contribution in [0.2, 0.25) is 0 Å². The van der Waals surface area contributed by atoms with Gasteiger partial charge >= 0.3 is 0 Å². The Labute approximate surface area is 92.8 Å². The molecule has 0 aliphatic rings. The Morgan fingerprint density at radius 2 is 2.07 bits per heavy atom. The van der Waals surface area contributed by atoms with Gasteiger partial charge in [0.15, 0.2) is 0 Å². The quantitative estimate of drug-likeness (QED) is 0.563. The number of carbonyl (C=O) groups excluding carboxylic acids is 1. The zero-order chi connectivity index (χ0) is 11.5. The summed E-state index contributed by atoms with van der Waals surface area (Å²) in [4.78, 5) is 11.4. The third kappa shape index (κ3) is 8.39. The molecule has 2 N–H and O–H groups in total. The summed E-state index contributed by atoms with van der Waals surface area (Å²) in [5, 5.41) is 6.04. The van der Waals surface area contributed by atoms with E-state index in [1.54, 1.807) is 7.11 Å². The monoisotopic (exact) mass is 216 g/mol. The van der Waals surface area contributed by atoms with Gasteiger partial charge in [0.05, 0.1) is 6.04 Å². The molecule has 0 bridgehead atoms. The lowest BCUT2D eigenvalue weighted by Crippen LogP contribution is -2.42. The molecular weight excluding hydrogens is 192 g/mol. The summed E-state index contributed by atoms with van der Waals surface area (Å²) in [6.07, 6.45) is 3.05. The van der Waals surface area contributed by atoms with Crippen molar-refractivity contribution in [2.75, 3.05) is 26.8 Å². The molecule has 0 aromatic rings. The average molecular weight is 216 g/mol. The van der Waals surface area contributed by atoms with Gasteiger partial charge in [-0.1, -0.05) is 6.92 Å². The van der Waals surface area contributed by atoms with Crippen molar-refractivity contribution < 1.29 is 9.53 Å². The maximum Gasteiger partial charge on any atom is 0.236 e. The summed E-state index contributed by atoms with van der Waals surface area (Å²) < 4.78 is 4.94. The molecule has 1 amide bonds. The van der Waals surface area contributed by atoms with Crippen molar-refractivity contribution in [2.24, 2.45) is 0 Å². The molecule has 0 fully saturated rings. The normalized spacial score (nSPS) is 12.5. The highest BCUT2D eigenvalue weighted by molar-refractivity contribution is 5.81. The predicted octanol–water partition coefficient (Wildman–Crippen LogP) is 0.917. The second kappa shape index (κ2) is 9.93. The molecule has 1 unspecified atom stereocenters. The number of unbranched alkanes of at least 4 members (excludes halogenated alkanes) is 1. The van der Waals surface area contributed by atoms with Crippen LogP contribution in [0.4, 0.5) is 0 Å². The van der Waals surface area contributed by atoms with Crippen molar-refractivity contribution >= 4 is 5.91 Å². The molecule has 0 rings (SSSR count). The van der Waals surface area contributed by atoms with Gasteiger partial charge in [0, 0.05) is 20.3 Å². The van der Waals surface area contributed by atoms with Gasteiger partial charge < -0.3 is 15.4 Å². The molecule has 0 heterocycles. The van der Waals surface area contributed by atoms with Crippen LogP contribution in [-0.2, 0) is 9.53 Å². The minimum Gasteiger partial charge on any atom is -0.385 e. The molecule has 0 aliphatic carbocycles. The maximum atomic E-state index is 11.4. The van der Waals surface area contributed by atoms with Gasteiger partial charge in [-0.2, -0.15) is 0 Å². The summed E-state index contributed by atoms with van der Waals surface area (Å²) >= 11 is 0. The Morgan fingerprint density at radius 3 is 2.67 bits per heavy atom. The molecule has 15 heavy (non-hydrogen) atoms. The molecule has 0 aromatic carbocycles. The van der Waals surface area contributed by atoms with Crippen LogP contribution in [-0.4, -0.2) is 38.8 Å². The Morgan fingerprint density at radius 1 is 1.33 bits per heavy atom. The Balaban J connectivity index is 3.38. The summed E-state index contributed by atoms with van der Waals surface area (Å²) in [6.45, 7) is 6.35. The van der Waals surface area contributed by atoms with Gasteiger partial charge in [-0.05, 0) is 32.7 Å². The number of nitrogens with one attached hydrogen (secondary N) is 2. The Bertz CT molecular complexity index is 163. The number of carbonyl (C=O) groups is 1. The van der Waals surface area contributed by atoms with Crippen LogP contribution in [0.25, 0.3) is 0 Å². The minimum absolute atomic E-state index is 0.0867. The molecule has 0 saturated carbocycles. The van der Waals surface area contributed by atoms with Gasteiger partial charge in [0.1, 0.15) is 0 Å². The highest BCUT2D eigenvalue weighted by atomic mass is 16.5. The van der Waals surface area contributed by atoms with E-state index in [-0.39, 0.29) is 11.9 Å². The van der Waals surface area contributed by atoms with Crippen LogP contribution >= 0.6 is 0 Å². The van der Waals surface area contributed by atoms with Crippen molar-refractivity contribution in [2.45, 2.75) is 39.2 Å². The fourth-order valence-electron chi connectivity index (χ4n) is 1.18. The van der Waals surface area contributed by atoms with E-state index >= 15 is 0 Å². The Hall–Kier alpha value is -0.610. The van der Waals surface area contributed by atoms with E-state index in [1.165, 1.54) is 0 Å². The van der Waals surface area contributed by atoms with Crippen molar-refractivity contribution in [1.82, 2.24) is 10.6 Å². The molecular formula is C11H24N2O2. The first kappa shape index (κ1) is 14.4. The first-order chi connectivity index (χ1) is 7.22. The van der Waals surface area contributed by atoms with E-state index in [0.29, 0.717) is 0 Å². The fourth-order valence-corrected chi connectivity index (χ4v) is 1.18. The molecule has 0 saturated heterocycles. The smallest absolute Gasteiger partial charge is 0.236 e. The number of methoxy groups -OCH3 is 1. The van der Waals surface area contributed by atoms with Crippen LogP contribution in [0, 0.1) is 0 Å². The summed E-state index contributed by atoms with van der Waals surface area (Å²) in [5.74, 6) is 0.0867. The fraction of sp³-hybridized carbons (Fsp3) is 0.909. The van der Waals surface area contributed by atoms with Crippen LogP contribution in [0.5, 0.6) is 0 Å². The molecule has 0 spiro atoms. The largest absolute Gasteiger partial charge is 0.385 e. The molecule has 0 aromatic heterocycles. The molecule has 4 heteroatoms. The van der Waals surface area contributed by atoms with Crippen LogP contribution < -0.4 is 10.6 Å². The summed E-state index contributed by atoms with van der Waals surface area (Å²) in [6, 6.07) is -0.0981. The van der Waals surface area contributed by atoms with E-state index in [2.05, 4.69) is 10.6 Å². The molecule has 1 atom stereocenters. The minimum atomic E-state index is -0.0981. The van der Waals surface area contributed by atoms with Crippen molar-refractivity contribution in [3.63, 3.8) is 0 Å². The van der Waals surface area contributed by atoms with Gasteiger partial charge in [0.2, 0.25) is 5.91 Å². The van der Waals surface area contributed by atoms with Gasteiger partial charge in [-0.25, -0.2) is 0 Å². The zero-order valence-electron chi connectivity index (χ0n) is 10.1. The lowest BCUT2D eigenvalue weighted by Gasteiger charge is -2.13. The first-order valence-corrected chi connectivity index (χ1v) is 5.72. The number of amides is 1. The lowest BCUT2D eigenvalue weighted by atomic mass is 10.2. The van der Waals surface area contributed by atoms with Crippen molar-refractivity contribution in [3.05, 3.63) is 0 Å². The summed E-state index contributed by atoms with van der Waals surface area (Å²) in [7, 11) is 1.70. The average Bonchev–Trinajstić information content (AvgIpc) is 2.25. The van der Waals surface area contributed by atoms with Crippen LogP contribution in [0.1, 0.15) is 33.1 Å². The molecule has 90 valence electrons. The SMILES string of the molecule is CCCNC(=O)C(C)NCCCCOC. The van der Waals surface area contributed by atoms with E-state index in [9.17, 15) is 4.79 Å². The summed E-state index contributed by atoms with van der Waals surface area (Å²) in [5.41, 5.74) is 0. The standard InChI is InChI=1S/C11H24N2O2/c1-4-7-13-11(14)10(2)12-8-5-6-9-15-3/h10,12H,4-9H2,1-3H3,(H,13,14). The lowest BCUT2D eigenvalue weighted by molar-refractivity contribution is -0.122. The number of hydrogen-bond acceptors (Lipinski definition) is 3. The van der Waals surface area contributed by atoms with Crippen molar-refractivity contribution in [1.29, 1.82) is 0 Å². The number of ether oxygens (including phenoxy) is 1. The third-order valence-corrected chi connectivity index (χ3v) is 2.17. The molecule has 4 nitrogen and oxygen atoms in total. The number of hydrogen-bond donors (Lipinski definition) is 2. The van der Waals surface area contributed by atoms with Gasteiger partial charge in [0.25, 0.3) is 0 Å². The molecule has 0 aliphatic heterocycles. The topological polar surface area (TPSA) is 50.4 Å². The number of rotatable bonds is 9. The van der Waals surface area contributed by atoms with E-state index in [4.69, 9.17) is 4.74 Å². The van der Waals surface area contributed by atoms with E-state index < -0.39 is 0 Å². The van der Waals surface area contributed by atoms with E-state index in [0.717, 1.165) is 39.0 Å². The van der Waals surface area contributed by atoms with Gasteiger partial charge in [-0.3, -0.25) is 4.79 Å². The first-order valence-electron chi connectivity index (χ1n) is 5.72. The highest BCUT2D eigenvalue weighted by Crippen LogP contribution is 1.89. The Kier molecular flexibility index (Phi) is 9.52. The predicted molar refractivity (Wildman–Crippen MR) is 61.9 cm³/mol.